The summed E-state index contributed by atoms with van der Waals surface area (Å²) in [5.41, 5.74) is 0. The molecule has 0 amide bonds. The Kier molecular flexibility index (Phi) is 12.3. The van der Waals surface area contributed by atoms with Gasteiger partial charge in [-0.3, -0.25) is 9.59 Å². The number of carbonyl (C=O) groups excluding carboxylic acids is 2. The summed E-state index contributed by atoms with van der Waals surface area (Å²) in [6.07, 6.45) is 3.95. The topological polar surface area (TPSA) is 52.6 Å². The second-order valence-electron chi connectivity index (χ2n) is 5.71. The molecule has 4 nitrogen and oxygen atoms in total. The van der Waals surface area contributed by atoms with Crippen LogP contribution in [0.25, 0.3) is 0 Å². The van der Waals surface area contributed by atoms with Crippen molar-refractivity contribution >= 4 is 11.9 Å². The predicted molar refractivity (Wildman–Crippen MR) is 87.1 cm³/mol. The lowest BCUT2D eigenvalue weighted by molar-refractivity contribution is -0.147. The van der Waals surface area contributed by atoms with Crippen molar-refractivity contribution in [2.24, 2.45) is 5.92 Å². The highest BCUT2D eigenvalue weighted by Gasteiger charge is 2.14. The molecule has 0 spiro atoms. The van der Waals surface area contributed by atoms with Gasteiger partial charge in [0.25, 0.3) is 0 Å². The Balaban J connectivity index is 4.01. The molecule has 0 aliphatic heterocycles. The van der Waals surface area contributed by atoms with E-state index < -0.39 is 0 Å². The summed E-state index contributed by atoms with van der Waals surface area (Å²) in [6, 6.07) is 0. The SMILES string of the molecule is CCC#CC(CC(C)C)OC(=O)CCCC(=O)OCCCC. The average molecular weight is 310 g/mol. The minimum Gasteiger partial charge on any atom is -0.466 e. The van der Waals surface area contributed by atoms with Gasteiger partial charge in [0.1, 0.15) is 0 Å². The van der Waals surface area contributed by atoms with Gasteiger partial charge in [0, 0.05) is 19.3 Å². The normalized spacial score (nSPS) is 11.5. The van der Waals surface area contributed by atoms with Gasteiger partial charge in [0.05, 0.1) is 6.61 Å². The first-order chi connectivity index (χ1) is 10.5. The van der Waals surface area contributed by atoms with Gasteiger partial charge >= 0.3 is 11.9 Å². The lowest BCUT2D eigenvalue weighted by Crippen LogP contribution is -2.19. The Bertz CT molecular complexity index is 376. The number of hydrogen-bond acceptors (Lipinski definition) is 4. The third kappa shape index (κ3) is 12.3. The zero-order chi connectivity index (χ0) is 16.8. The van der Waals surface area contributed by atoms with Crippen LogP contribution in [0.5, 0.6) is 0 Å². The summed E-state index contributed by atoms with van der Waals surface area (Å²) < 4.78 is 10.4. The van der Waals surface area contributed by atoms with Crippen LogP contribution < -0.4 is 0 Å². The average Bonchev–Trinajstić information content (AvgIpc) is 2.44. The van der Waals surface area contributed by atoms with E-state index in [1.54, 1.807) is 0 Å². The molecule has 126 valence electrons. The van der Waals surface area contributed by atoms with Crippen LogP contribution in [0.3, 0.4) is 0 Å². The van der Waals surface area contributed by atoms with Crippen LogP contribution in [0, 0.1) is 17.8 Å². The quantitative estimate of drug-likeness (QED) is 0.349. The molecule has 1 unspecified atom stereocenters. The van der Waals surface area contributed by atoms with Crippen molar-refractivity contribution < 1.29 is 19.1 Å². The van der Waals surface area contributed by atoms with Gasteiger partial charge in [-0.2, -0.15) is 0 Å². The summed E-state index contributed by atoms with van der Waals surface area (Å²) in [4.78, 5) is 23.2. The lowest BCUT2D eigenvalue weighted by atomic mass is 10.1. The van der Waals surface area contributed by atoms with Gasteiger partial charge in [0.15, 0.2) is 6.10 Å². The van der Waals surface area contributed by atoms with Crippen molar-refractivity contribution in [3.8, 4) is 11.8 Å². The maximum Gasteiger partial charge on any atom is 0.307 e. The minimum absolute atomic E-state index is 0.227. The summed E-state index contributed by atoms with van der Waals surface area (Å²) in [5.74, 6) is 5.82. The molecule has 0 heterocycles. The molecule has 0 saturated heterocycles. The number of rotatable bonds is 10. The maximum atomic E-state index is 11.8. The first-order valence-electron chi connectivity index (χ1n) is 8.33. The van der Waals surface area contributed by atoms with Crippen LogP contribution in [-0.2, 0) is 19.1 Å². The van der Waals surface area contributed by atoms with Gasteiger partial charge in [-0.25, -0.2) is 0 Å². The highest BCUT2D eigenvalue weighted by Crippen LogP contribution is 2.10. The van der Waals surface area contributed by atoms with Crippen molar-refractivity contribution in [2.75, 3.05) is 6.61 Å². The van der Waals surface area contributed by atoms with Crippen molar-refractivity contribution in [1.82, 2.24) is 0 Å². The molecule has 0 aromatic rings. The number of carbonyl (C=O) groups is 2. The van der Waals surface area contributed by atoms with Crippen LogP contribution in [0.15, 0.2) is 0 Å². The van der Waals surface area contributed by atoms with Gasteiger partial charge in [-0.15, -0.1) is 0 Å². The van der Waals surface area contributed by atoms with E-state index in [0.717, 1.165) is 25.7 Å². The molecular formula is C18H30O4. The summed E-state index contributed by atoms with van der Waals surface area (Å²) in [6.45, 7) is 8.61. The second-order valence-corrected chi connectivity index (χ2v) is 5.71. The van der Waals surface area contributed by atoms with E-state index in [4.69, 9.17) is 9.47 Å². The van der Waals surface area contributed by atoms with Crippen molar-refractivity contribution in [2.45, 2.75) is 78.7 Å². The molecule has 0 aliphatic rings. The fourth-order valence-electron chi connectivity index (χ4n) is 1.78. The van der Waals surface area contributed by atoms with Crippen molar-refractivity contribution in [3.05, 3.63) is 0 Å². The molecule has 0 saturated carbocycles. The molecule has 4 heteroatoms. The maximum absolute atomic E-state index is 11.8. The molecule has 0 fully saturated rings. The standard InChI is InChI=1S/C18H30O4/c1-5-7-10-16(14-15(3)4)22-18(20)12-9-11-17(19)21-13-8-6-2/h15-16H,5-6,8-9,11-14H2,1-4H3. The molecular weight excluding hydrogens is 280 g/mol. The Morgan fingerprint density at radius 2 is 1.73 bits per heavy atom. The lowest BCUT2D eigenvalue weighted by Gasteiger charge is -2.14. The van der Waals surface area contributed by atoms with Crippen LogP contribution in [0.1, 0.15) is 72.6 Å². The predicted octanol–water partition coefficient (Wildman–Crippen LogP) is 3.87. The van der Waals surface area contributed by atoms with E-state index in [0.29, 0.717) is 18.9 Å². The van der Waals surface area contributed by atoms with Crippen LogP contribution in [-0.4, -0.2) is 24.6 Å². The highest BCUT2D eigenvalue weighted by atomic mass is 16.5. The molecule has 0 aromatic carbocycles. The molecule has 0 aromatic heterocycles. The minimum atomic E-state index is -0.344. The van der Waals surface area contributed by atoms with Gasteiger partial charge in [0.2, 0.25) is 0 Å². The first kappa shape index (κ1) is 20.5. The first-order valence-corrected chi connectivity index (χ1v) is 8.33. The fraction of sp³-hybridized carbons (Fsp3) is 0.778. The van der Waals surface area contributed by atoms with E-state index in [9.17, 15) is 9.59 Å². The Morgan fingerprint density at radius 1 is 1.05 bits per heavy atom. The van der Waals surface area contributed by atoms with Crippen LogP contribution in [0.2, 0.25) is 0 Å². The smallest absolute Gasteiger partial charge is 0.307 e. The largest absolute Gasteiger partial charge is 0.466 e. The zero-order valence-corrected chi connectivity index (χ0v) is 14.4. The molecule has 0 N–H and O–H groups in total. The Morgan fingerprint density at radius 3 is 2.32 bits per heavy atom. The van der Waals surface area contributed by atoms with E-state index >= 15 is 0 Å². The monoisotopic (exact) mass is 310 g/mol. The third-order valence-electron chi connectivity index (χ3n) is 2.92. The second kappa shape index (κ2) is 13.2. The Hall–Kier alpha value is -1.50. The van der Waals surface area contributed by atoms with Crippen LogP contribution >= 0.6 is 0 Å². The van der Waals surface area contributed by atoms with Gasteiger partial charge in [-0.1, -0.05) is 46.0 Å². The Labute approximate surface area is 134 Å². The molecule has 1 atom stereocenters. The zero-order valence-electron chi connectivity index (χ0n) is 14.4. The fourth-order valence-corrected chi connectivity index (χ4v) is 1.78. The number of unbranched alkanes of at least 4 members (excludes halogenated alkanes) is 1. The van der Waals surface area contributed by atoms with E-state index in [-0.39, 0.29) is 30.9 Å². The van der Waals surface area contributed by atoms with Crippen molar-refractivity contribution in [1.29, 1.82) is 0 Å². The third-order valence-corrected chi connectivity index (χ3v) is 2.92. The van der Waals surface area contributed by atoms with Crippen LogP contribution in [0.4, 0.5) is 0 Å². The summed E-state index contributed by atoms with van der Waals surface area (Å²) >= 11 is 0. The molecule has 0 rings (SSSR count). The summed E-state index contributed by atoms with van der Waals surface area (Å²) in [5, 5.41) is 0. The van der Waals surface area contributed by atoms with E-state index in [1.807, 2.05) is 13.8 Å². The molecule has 0 bridgehead atoms. The number of ether oxygens (including phenoxy) is 2. The highest BCUT2D eigenvalue weighted by molar-refractivity contribution is 5.72. The summed E-state index contributed by atoms with van der Waals surface area (Å²) in [7, 11) is 0. The van der Waals surface area contributed by atoms with E-state index in [1.165, 1.54) is 0 Å². The molecule has 0 radical (unpaired) electrons. The van der Waals surface area contributed by atoms with Gasteiger partial charge < -0.3 is 9.47 Å². The number of esters is 2. The van der Waals surface area contributed by atoms with Gasteiger partial charge in [-0.05, 0) is 25.2 Å². The molecule has 0 aliphatic carbocycles. The molecule has 22 heavy (non-hydrogen) atoms. The van der Waals surface area contributed by atoms with E-state index in [2.05, 4.69) is 25.7 Å². The van der Waals surface area contributed by atoms with Crippen molar-refractivity contribution in [3.63, 3.8) is 0 Å². The number of hydrogen-bond donors (Lipinski definition) is 0.